The van der Waals surface area contributed by atoms with Crippen LogP contribution in [0.3, 0.4) is 0 Å². The fraction of sp³-hybridized carbons (Fsp3) is 0.533. The average molecular weight is 245 g/mol. The number of carbonyl (C=O) groups excluding carboxylic acids is 1. The normalized spacial score (nSPS) is 27.6. The molecule has 1 spiro atoms. The quantitative estimate of drug-likeness (QED) is 0.760. The lowest BCUT2D eigenvalue weighted by atomic mass is 9.83. The predicted molar refractivity (Wildman–Crippen MR) is 70.2 cm³/mol. The molecule has 1 aromatic carbocycles. The Morgan fingerprint density at radius 2 is 2.17 bits per heavy atom. The first-order valence-corrected chi connectivity index (χ1v) is 6.61. The van der Waals surface area contributed by atoms with E-state index in [0.29, 0.717) is 0 Å². The number of rotatable bonds is 1. The van der Waals surface area contributed by atoms with Gasteiger partial charge in [0.15, 0.2) is 5.78 Å². The first kappa shape index (κ1) is 11.7. The summed E-state index contributed by atoms with van der Waals surface area (Å²) in [5, 5.41) is 0. The van der Waals surface area contributed by atoms with E-state index in [1.807, 2.05) is 12.1 Å². The summed E-state index contributed by atoms with van der Waals surface area (Å²) in [6, 6.07) is 5.93. The van der Waals surface area contributed by atoms with Crippen LogP contribution in [0.5, 0.6) is 5.75 Å². The summed E-state index contributed by atoms with van der Waals surface area (Å²) in [5.74, 6) is 0.991. The van der Waals surface area contributed by atoms with Crippen molar-refractivity contribution in [3.05, 3.63) is 29.3 Å². The van der Waals surface area contributed by atoms with Gasteiger partial charge in [-0.1, -0.05) is 12.1 Å². The highest BCUT2D eigenvalue weighted by Gasteiger charge is 2.50. The van der Waals surface area contributed by atoms with Gasteiger partial charge in [0.25, 0.3) is 0 Å². The highest BCUT2D eigenvalue weighted by molar-refractivity contribution is 6.09. The Hall–Kier alpha value is -1.35. The van der Waals surface area contributed by atoms with Crippen LogP contribution in [0.1, 0.15) is 35.2 Å². The second-order valence-electron chi connectivity index (χ2n) is 5.41. The molecule has 1 saturated heterocycles. The van der Waals surface area contributed by atoms with Crippen molar-refractivity contribution in [2.75, 3.05) is 20.7 Å². The molecule has 0 saturated carbocycles. The van der Waals surface area contributed by atoms with Gasteiger partial charge < -0.3 is 4.74 Å². The molecule has 96 valence electrons. The fourth-order valence-corrected chi connectivity index (χ4v) is 3.46. The topological polar surface area (TPSA) is 29.5 Å². The minimum atomic E-state index is -0.296. The second-order valence-corrected chi connectivity index (χ2v) is 5.41. The van der Waals surface area contributed by atoms with Crippen LogP contribution in [-0.4, -0.2) is 36.9 Å². The van der Waals surface area contributed by atoms with Crippen molar-refractivity contribution in [3.63, 3.8) is 0 Å². The Morgan fingerprint density at radius 3 is 2.89 bits per heavy atom. The number of hydrogen-bond donors (Lipinski definition) is 0. The third kappa shape index (κ3) is 1.43. The van der Waals surface area contributed by atoms with E-state index in [0.717, 1.165) is 42.7 Å². The predicted octanol–water partition coefficient (Wildman–Crippen LogP) is 2.29. The molecule has 0 bridgehead atoms. The van der Waals surface area contributed by atoms with Gasteiger partial charge in [0.05, 0.1) is 18.2 Å². The molecule has 0 N–H and O–H groups in total. The number of carbonyl (C=O) groups is 1. The Kier molecular flexibility index (Phi) is 2.67. The van der Waals surface area contributed by atoms with E-state index < -0.39 is 0 Å². The Bertz CT molecular complexity index is 497. The van der Waals surface area contributed by atoms with Gasteiger partial charge in [0.2, 0.25) is 0 Å². The highest BCUT2D eigenvalue weighted by atomic mass is 16.5. The van der Waals surface area contributed by atoms with E-state index in [-0.39, 0.29) is 11.3 Å². The molecule has 18 heavy (non-hydrogen) atoms. The lowest BCUT2D eigenvalue weighted by Crippen LogP contribution is -2.54. The number of ketones is 1. The summed E-state index contributed by atoms with van der Waals surface area (Å²) in [5.41, 5.74) is 1.66. The summed E-state index contributed by atoms with van der Waals surface area (Å²) >= 11 is 0. The van der Waals surface area contributed by atoms with Crippen LogP contribution >= 0.6 is 0 Å². The van der Waals surface area contributed by atoms with Gasteiger partial charge in [-0.25, -0.2) is 0 Å². The molecule has 1 aliphatic carbocycles. The molecule has 2 aliphatic rings. The van der Waals surface area contributed by atoms with Crippen LogP contribution < -0.4 is 4.74 Å². The standard InChI is InChI=1S/C15H19NO2/c1-16-9-4-3-8-15(16)10-11-6-5-7-12(18-2)13(11)14(15)17/h5-7H,3-4,8-10H2,1-2H3. The number of methoxy groups -OCH3 is 1. The van der Waals surface area contributed by atoms with Gasteiger partial charge in [0.1, 0.15) is 5.75 Å². The van der Waals surface area contributed by atoms with Crippen molar-refractivity contribution in [2.24, 2.45) is 0 Å². The molecule has 1 unspecified atom stereocenters. The fourth-order valence-electron chi connectivity index (χ4n) is 3.46. The minimum Gasteiger partial charge on any atom is -0.496 e. The smallest absolute Gasteiger partial charge is 0.187 e. The molecule has 3 nitrogen and oxygen atoms in total. The summed E-state index contributed by atoms with van der Waals surface area (Å²) in [7, 11) is 3.72. The van der Waals surface area contributed by atoms with E-state index in [4.69, 9.17) is 4.74 Å². The molecule has 0 amide bonds. The number of nitrogens with zero attached hydrogens (tertiary/aromatic N) is 1. The van der Waals surface area contributed by atoms with Gasteiger partial charge in [0, 0.05) is 0 Å². The number of benzene rings is 1. The SMILES string of the molecule is COc1cccc2c1C(=O)C1(CCCCN1C)C2. The molecule has 3 rings (SSSR count). The Balaban J connectivity index is 2.08. The van der Waals surface area contributed by atoms with Gasteiger partial charge in [-0.05, 0) is 50.9 Å². The number of ether oxygens (including phenoxy) is 1. The van der Waals surface area contributed by atoms with Gasteiger partial charge in [-0.15, -0.1) is 0 Å². The third-order valence-corrected chi connectivity index (χ3v) is 4.53. The maximum Gasteiger partial charge on any atom is 0.187 e. The number of fused-ring (bicyclic) bond motifs is 1. The number of likely N-dealkylation sites (tertiary alicyclic amines) is 1. The lowest BCUT2D eigenvalue weighted by Gasteiger charge is -2.41. The van der Waals surface area contributed by atoms with Crippen molar-refractivity contribution < 1.29 is 9.53 Å². The summed E-state index contributed by atoms with van der Waals surface area (Å²) in [4.78, 5) is 15.1. The first-order valence-electron chi connectivity index (χ1n) is 6.61. The minimum absolute atomic E-state index is 0.261. The molecule has 1 aliphatic heterocycles. The molecule has 1 atom stereocenters. The van der Waals surface area contributed by atoms with Gasteiger partial charge >= 0.3 is 0 Å². The van der Waals surface area contributed by atoms with Crippen molar-refractivity contribution in [1.29, 1.82) is 0 Å². The maximum absolute atomic E-state index is 12.8. The second kappa shape index (κ2) is 4.09. The molecule has 3 heteroatoms. The Labute approximate surface area is 108 Å². The number of Topliss-reactive ketones (excluding diaryl/α,β-unsaturated/α-hetero) is 1. The van der Waals surface area contributed by atoms with E-state index >= 15 is 0 Å². The zero-order valence-corrected chi connectivity index (χ0v) is 11.0. The first-order chi connectivity index (χ1) is 8.69. The lowest BCUT2D eigenvalue weighted by molar-refractivity contribution is 0.0522. The van der Waals surface area contributed by atoms with Crippen molar-refractivity contribution in [2.45, 2.75) is 31.2 Å². The van der Waals surface area contributed by atoms with Gasteiger partial charge in [-0.3, -0.25) is 9.69 Å². The van der Waals surface area contributed by atoms with Crippen molar-refractivity contribution in [1.82, 2.24) is 4.90 Å². The average Bonchev–Trinajstić information content (AvgIpc) is 2.67. The van der Waals surface area contributed by atoms with Crippen molar-refractivity contribution >= 4 is 5.78 Å². The van der Waals surface area contributed by atoms with E-state index in [1.54, 1.807) is 7.11 Å². The van der Waals surface area contributed by atoms with E-state index in [2.05, 4.69) is 18.0 Å². The van der Waals surface area contributed by atoms with Crippen LogP contribution in [0.4, 0.5) is 0 Å². The number of piperidine rings is 1. The monoisotopic (exact) mass is 245 g/mol. The van der Waals surface area contributed by atoms with Crippen molar-refractivity contribution in [3.8, 4) is 5.75 Å². The van der Waals surface area contributed by atoms with Crippen LogP contribution in [0, 0.1) is 0 Å². The zero-order chi connectivity index (χ0) is 12.8. The highest BCUT2D eigenvalue weighted by Crippen LogP contribution is 2.43. The Morgan fingerprint density at radius 1 is 1.33 bits per heavy atom. The largest absolute Gasteiger partial charge is 0.496 e. The number of hydrogen-bond acceptors (Lipinski definition) is 3. The van der Waals surface area contributed by atoms with Crippen LogP contribution in [0.15, 0.2) is 18.2 Å². The van der Waals surface area contributed by atoms with E-state index in [9.17, 15) is 4.79 Å². The molecule has 1 fully saturated rings. The van der Waals surface area contributed by atoms with Crippen LogP contribution in [0.25, 0.3) is 0 Å². The molecule has 1 heterocycles. The zero-order valence-electron chi connectivity index (χ0n) is 11.0. The summed E-state index contributed by atoms with van der Waals surface area (Å²) < 4.78 is 5.36. The van der Waals surface area contributed by atoms with Gasteiger partial charge in [-0.2, -0.15) is 0 Å². The molecular formula is C15H19NO2. The molecular weight excluding hydrogens is 226 g/mol. The molecule has 0 aromatic heterocycles. The summed E-state index contributed by atoms with van der Waals surface area (Å²) in [6.45, 7) is 1.02. The maximum atomic E-state index is 12.8. The van der Waals surface area contributed by atoms with Crippen LogP contribution in [-0.2, 0) is 6.42 Å². The van der Waals surface area contributed by atoms with Crippen LogP contribution in [0.2, 0.25) is 0 Å². The third-order valence-electron chi connectivity index (χ3n) is 4.53. The molecule has 1 aromatic rings. The number of likely N-dealkylation sites (N-methyl/N-ethyl adjacent to an activating group) is 1. The molecule has 0 radical (unpaired) electrons. The summed E-state index contributed by atoms with van der Waals surface area (Å²) in [6.07, 6.45) is 4.15. The van der Waals surface area contributed by atoms with E-state index in [1.165, 1.54) is 6.42 Å².